The summed E-state index contributed by atoms with van der Waals surface area (Å²) in [4.78, 5) is 58.2. The molecule has 127 heavy (non-hydrogen) atoms. The highest BCUT2D eigenvalue weighted by atomic mass is 32.2. The van der Waals surface area contributed by atoms with Gasteiger partial charge < -0.3 is 48.4 Å². The second-order valence-corrected chi connectivity index (χ2v) is 42.0. The molecule has 5 aliphatic rings. The maximum absolute atomic E-state index is 13.8. The maximum atomic E-state index is 13.8. The van der Waals surface area contributed by atoms with E-state index in [1.165, 1.54) is 74.2 Å². The van der Waals surface area contributed by atoms with Gasteiger partial charge in [-0.15, -0.1) is 0 Å². The summed E-state index contributed by atoms with van der Waals surface area (Å²) >= 11 is 3.89. The fourth-order valence-corrected chi connectivity index (χ4v) is 24.8. The van der Waals surface area contributed by atoms with Gasteiger partial charge in [-0.3, -0.25) is 32.4 Å². The van der Waals surface area contributed by atoms with Crippen LogP contribution in [0.25, 0.3) is 54.5 Å². The number of carbonyl (C=O) groups excluding carboxylic acids is 5. The van der Waals surface area contributed by atoms with Gasteiger partial charge in [0.05, 0.1) is 10.6 Å². The Morgan fingerprint density at radius 1 is 0.315 bits per heavy atom. The van der Waals surface area contributed by atoms with Crippen molar-refractivity contribution in [2.45, 2.75) is 92.7 Å². The SMILES string of the molecule is C=S1(=O)CCc2c(c3cc(F)ccc3n2Cc2ccc(C(=O)CO)cc2)C1.C=S1(=O)CCc2c(c3ccccc3n2Cc2ccc(C(=O)CO)cc2)C1.O=C(CO)c1ccc(Cn2c3c(c4cc(F)ccc42)CSCC3)cc1.O=C(CO)c1ccc(Cn2c3c(c4ccccc42)CSCC3)cc1.O=C(CO)c1ccc(Cn2c3c(c4ccccc42)S(=O)(=O)CC3)cc1. The van der Waals surface area contributed by atoms with Crippen LogP contribution in [-0.2, 0) is 117 Å². The Hall–Kier alpha value is -11.4. The number of Topliss-reactive ketones (excluding diaryl/α,β-unsaturated/α-hetero) is 5. The van der Waals surface area contributed by atoms with Crippen LogP contribution in [0.2, 0.25) is 0 Å². The lowest BCUT2D eigenvalue weighted by Crippen LogP contribution is -2.20. The smallest absolute Gasteiger partial charge is 0.188 e. The molecule has 5 aliphatic heterocycles. The molecule has 0 saturated carbocycles. The highest BCUT2D eigenvalue weighted by molar-refractivity contribution is 8.00. The van der Waals surface area contributed by atoms with Crippen LogP contribution in [0.1, 0.15) is 130 Å². The van der Waals surface area contributed by atoms with Crippen molar-refractivity contribution in [2.75, 3.05) is 61.8 Å². The number of thioether (sulfide) groups is 2. The first-order chi connectivity index (χ1) is 61.3. The Morgan fingerprint density at radius 2 is 0.583 bits per heavy atom. The molecule has 20 rings (SSSR count). The summed E-state index contributed by atoms with van der Waals surface area (Å²) in [5.41, 5.74) is 23.9. The predicted molar refractivity (Wildman–Crippen MR) is 505 cm³/mol. The number of aliphatic hydroxyl groups excluding tert-OH is 5. The number of aromatic nitrogens is 5. The Labute approximate surface area is 743 Å². The van der Waals surface area contributed by atoms with Crippen LogP contribution in [-0.4, -0.2) is 168 Å². The lowest BCUT2D eigenvalue weighted by molar-refractivity contribution is 0.0898. The molecule has 0 spiro atoms. The molecular formula is C101H95F2N5O14S5. The standard InChI is InChI=1S/C21H20FNO3S.C21H21NO3S.C20H18FNO2S.C20H19NO2S.C19H17NO4S/c1-27(26)9-8-20-18(13-27)17-10-16(22)6-7-19(17)23(20)11-14-2-4-15(5-3-14)21(25)12-24;1-26(25)11-10-20-18(14-26)17-4-2-3-5-19(17)22(20)12-15-6-8-16(9-7-15)21(24)13-23;21-15-5-6-18-16(9-15)17-12-25-8-7-19(17)22(18)10-13-1-3-14(4-2-13)20(24)11-23;22-12-20(23)15-7-5-14(6-8-15)11-21-18-4-2-1-3-16(18)17-13-24-10-9-19(17)21;21-12-18(22)14-7-5-13(6-8-14)11-20-16-4-2-1-3-15(16)19-17(20)9-10-25(19,23)24/h2-7,10,24H,1,8-9,11-13H2;2-9,23H,1,10-14H2;1-6,9,23H,7-8,10-12H2;1-8,22H,9-13H2;1-8,21H,9-12H2. The first-order valence-corrected chi connectivity index (χ1v) is 50.0. The molecule has 0 bridgehead atoms. The van der Waals surface area contributed by atoms with Crippen LogP contribution >= 0.6 is 23.5 Å². The number of nitrogens with zero attached hydrogens (tertiary/aromatic N) is 5. The third kappa shape index (κ3) is 19.1. The van der Waals surface area contributed by atoms with Crippen molar-refractivity contribution in [3.63, 3.8) is 0 Å². The summed E-state index contributed by atoms with van der Waals surface area (Å²) in [7, 11) is -7.43. The molecule has 0 saturated heterocycles. The van der Waals surface area contributed by atoms with Gasteiger partial charge in [-0.05, 0) is 173 Å². The number of rotatable bonds is 20. The predicted octanol–water partition coefficient (Wildman–Crippen LogP) is 15.1. The average molecular weight is 1800 g/mol. The maximum Gasteiger partial charge on any atom is 0.188 e. The Balaban J connectivity index is 0.000000117. The normalized spacial score (nSPS) is 16.4. The van der Waals surface area contributed by atoms with Gasteiger partial charge in [-0.25, -0.2) is 17.2 Å². The highest BCUT2D eigenvalue weighted by Crippen LogP contribution is 2.41. The van der Waals surface area contributed by atoms with E-state index in [0.29, 0.717) is 94.7 Å². The van der Waals surface area contributed by atoms with Gasteiger partial charge in [0.25, 0.3) is 0 Å². The molecule has 5 aromatic heterocycles. The van der Waals surface area contributed by atoms with Crippen molar-refractivity contribution in [3.05, 3.63) is 349 Å². The van der Waals surface area contributed by atoms with Crippen molar-refractivity contribution < 1.29 is 75.1 Å². The number of hydrogen-bond acceptors (Lipinski definition) is 16. The molecule has 19 nitrogen and oxygen atoms in total. The Morgan fingerprint density at radius 3 is 0.929 bits per heavy atom. The van der Waals surface area contributed by atoms with E-state index >= 15 is 0 Å². The van der Waals surface area contributed by atoms with E-state index in [1.807, 2.05) is 139 Å². The third-order valence-corrected chi connectivity index (χ3v) is 31.6. The lowest BCUT2D eigenvalue weighted by Gasteiger charge is -2.19. The van der Waals surface area contributed by atoms with Gasteiger partial charge in [0.1, 0.15) is 44.7 Å². The molecule has 0 fully saturated rings. The monoisotopic (exact) mass is 1800 g/mol. The largest absolute Gasteiger partial charge is 0.388 e. The number of ketones is 5. The lowest BCUT2D eigenvalue weighted by atomic mass is 10.1. The first-order valence-electron chi connectivity index (χ1n) is 41.9. The van der Waals surface area contributed by atoms with Crippen LogP contribution in [0.15, 0.2) is 235 Å². The summed E-state index contributed by atoms with van der Waals surface area (Å²) < 4.78 is 88.6. The van der Waals surface area contributed by atoms with E-state index in [1.54, 1.807) is 60.7 Å². The van der Waals surface area contributed by atoms with E-state index in [4.69, 9.17) is 25.5 Å². The number of fused-ring (bicyclic) bond motifs is 15. The zero-order chi connectivity index (χ0) is 89.0. The third-order valence-electron chi connectivity index (χ3n) is 24.3. The van der Waals surface area contributed by atoms with Gasteiger partial charge in [-0.2, -0.15) is 23.5 Å². The summed E-state index contributed by atoms with van der Waals surface area (Å²) in [6.07, 6.45) is 4.03. The molecule has 652 valence electrons. The topological polar surface area (TPSA) is 279 Å². The van der Waals surface area contributed by atoms with Crippen LogP contribution in [0.4, 0.5) is 8.78 Å². The number of aliphatic hydroxyl groups is 5. The van der Waals surface area contributed by atoms with Crippen molar-refractivity contribution in [1.82, 2.24) is 22.8 Å². The fourth-order valence-electron chi connectivity index (χ4n) is 18.0. The number of halogens is 2. The van der Waals surface area contributed by atoms with Crippen LogP contribution < -0.4 is 0 Å². The van der Waals surface area contributed by atoms with Gasteiger partial charge in [0, 0.05) is 184 Å². The van der Waals surface area contributed by atoms with Crippen molar-refractivity contribution in [3.8, 4) is 0 Å². The minimum absolute atomic E-state index is 0.159. The van der Waals surface area contributed by atoms with Gasteiger partial charge >= 0.3 is 0 Å². The first kappa shape index (κ1) is 89.0. The number of sulfone groups is 1. The van der Waals surface area contributed by atoms with Crippen LogP contribution in [0.3, 0.4) is 0 Å². The van der Waals surface area contributed by atoms with E-state index < -0.39 is 61.9 Å². The molecule has 2 atom stereocenters. The minimum Gasteiger partial charge on any atom is -0.388 e. The minimum atomic E-state index is -3.22. The van der Waals surface area contributed by atoms with Gasteiger partial charge in [0.15, 0.2) is 38.8 Å². The fraction of sp³-hybridized carbons (Fsp3) is 0.238. The Bertz CT molecular complexity index is 7130. The molecular weight excluding hydrogens is 1710 g/mol. The van der Waals surface area contributed by atoms with Gasteiger partial charge in [-0.1, -0.05) is 176 Å². The number of hydrogen-bond donors (Lipinski definition) is 5. The molecule has 0 amide bonds. The summed E-state index contributed by atoms with van der Waals surface area (Å²) in [5, 5.41) is 49.9. The number of benzene rings is 10. The van der Waals surface area contributed by atoms with Gasteiger partial charge in [0.2, 0.25) is 0 Å². The van der Waals surface area contributed by atoms with Crippen LogP contribution in [0, 0.1) is 11.6 Å². The van der Waals surface area contributed by atoms with Crippen molar-refractivity contribution in [1.29, 1.82) is 0 Å². The molecule has 0 aliphatic carbocycles. The number of para-hydroxylation sites is 3. The molecule has 10 aromatic carbocycles. The summed E-state index contributed by atoms with van der Waals surface area (Å²) in [6.45, 7) is 0.913. The van der Waals surface area contributed by atoms with Crippen LogP contribution in [0.5, 0.6) is 0 Å². The summed E-state index contributed by atoms with van der Waals surface area (Å²) in [6, 6.07) is 70.6. The molecule has 0 radical (unpaired) electrons. The second-order valence-electron chi connectivity index (χ2n) is 32.5. The van der Waals surface area contributed by atoms with E-state index in [0.717, 1.165) is 126 Å². The summed E-state index contributed by atoms with van der Waals surface area (Å²) in [5.74, 6) is 12.4. The van der Waals surface area contributed by atoms with E-state index in [-0.39, 0.29) is 46.3 Å². The van der Waals surface area contributed by atoms with E-state index in [9.17, 15) is 49.6 Å². The zero-order valence-corrected chi connectivity index (χ0v) is 73.9. The Kier molecular flexibility index (Phi) is 26.8. The molecule has 26 heteroatoms. The number of carbonyl (C=O) groups is 5. The average Bonchev–Trinajstić information content (AvgIpc) is 1.55. The second kappa shape index (κ2) is 38.3. The molecule has 5 N–H and O–H groups in total. The van der Waals surface area contributed by atoms with Crippen molar-refractivity contribution in [2.24, 2.45) is 0 Å². The zero-order valence-electron chi connectivity index (χ0n) is 69.8. The van der Waals surface area contributed by atoms with Crippen molar-refractivity contribution >= 4 is 148 Å². The highest BCUT2D eigenvalue weighted by Gasteiger charge is 2.34. The molecule has 10 heterocycles. The molecule has 2 unspecified atom stereocenters. The van der Waals surface area contributed by atoms with E-state index in [2.05, 4.69) is 71.0 Å². The molecule has 15 aromatic rings. The quantitative estimate of drug-likeness (QED) is 0.0350.